The van der Waals surface area contributed by atoms with Gasteiger partial charge in [-0.3, -0.25) is 0 Å². The highest BCUT2D eigenvalue weighted by molar-refractivity contribution is 7.89. The van der Waals surface area contributed by atoms with E-state index in [1.807, 2.05) is 6.07 Å². The van der Waals surface area contributed by atoms with Crippen LogP contribution >= 0.6 is 0 Å². The summed E-state index contributed by atoms with van der Waals surface area (Å²) in [6.07, 6.45) is 3.30. The summed E-state index contributed by atoms with van der Waals surface area (Å²) in [6, 6.07) is 4.95. The molecule has 1 saturated carbocycles. The van der Waals surface area contributed by atoms with Gasteiger partial charge in [0.05, 0.1) is 6.07 Å². The van der Waals surface area contributed by atoms with E-state index in [4.69, 9.17) is 11.0 Å². The Hall–Kier alpha value is -1.65. The number of nitriles is 1. The van der Waals surface area contributed by atoms with Gasteiger partial charge in [0, 0.05) is 25.2 Å². The predicted molar refractivity (Wildman–Crippen MR) is 65.8 cm³/mol. The summed E-state index contributed by atoms with van der Waals surface area (Å²) in [5, 5.41) is 8.60. The molecule has 6 nitrogen and oxygen atoms in total. The van der Waals surface area contributed by atoms with Gasteiger partial charge in [-0.2, -0.15) is 9.57 Å². The largest absolute Gasteiger partial charge is 0.383 e. The molecule has 0 saturated heterocycles. The molecule has 1 heterocycles. The number of aromatic nitrogens is 1. The molecule has 1 aliphatic carbocycles. The Morgan fingerprint density at radius 1 is 1.56 bits per heavy atom. The maximum Gasteiger partial charge on any atom is 0.247 e. The average molecular weight is 266 g/mol. The van der Waals surface area contributed by atoms with Crippen LogP contribution in [0.1, 0.15) is 19.3 Å². The standard InChI is InChI=1S/C11H14N4O2S/c12-6-2-8-15(9-4-5-9)18(16,17)10-3-1-7-14-11(10)13/h1,3,7,9H,2,4-5,8H2,(H2,13,14). The van der Waals surface area contributed by atoms with Crippen LogP contribution in [0.2, 0.25) is 0 Å². The fourth-order valence-corrected chi connectivity index (χ4v) is 3.52. The number of pyridine rings is 1. The summed E-state index contributed by atoms with van der Waals surface area (Å²) in [6.45, 7) is 0.206. The van der Waals surface area contributed by atoms with E-state index in [9.17, 15) is 8.42 Å². The topological polar surface area (TPSA) is 100 Å². The van der Waals surface area contributed by atoms with Crippen LogP contribution in [0.15, 0.2) is 23.2 Å². The van der Waals surface area contributed by atoms with Crippen LogP contribution < -0.4 is 5.73 Å². The minimum atomic E-state index is -3.65. The summed E-state index contributed by atoms with van der Waals surface area (Å²) in [5.74, 6) is 0.0000997. The van der Waals surface area contributed by atoms with Crippen LogP contribution in [0.3, 0.4) is 0 Å². The van der Waals surface area contributed by atoms with Gasteiger partial charge in [-0.05, 0) is 25.0 Å². The monoisotopic (exact) mass is 266 g/mol. The van der Waals surface area contributed by atoms with Gasteiger partial charge in [0.25, 0.3) is 0 Å². The molecule has 0 bridgehead atoms. The Morgan fingerprint density at radius 2 is 2.28 bits per heavy atom. The number of sulfonamides is 1. The van der Waals surface area contributed by atoms with E-state index in [0.29, 0.717) is 0 Å². The zero-order valence-corrected chi connectivity index (χ0v) is 10.6. The van der Waals surface area contributed by atoms with Crippen molar-refractivity contribution in [1.82, 2.24) is 9.29 Å². The second kappa shape index (κ2) is 4.92. The highest BCUT2D eigenvalue weighted by Gasteiger charge is 2.38. The molecule has 1 fully saturated rings. The summed E-state index contributed by atoms with van der Waals surface area (Å²) in [4.78, 5) is 3.82. The first-order valence-corrected chi connectivity index (χ1v) is 7.10. The SMILES string of the molecule is N#CCCN(C1CC1)S(=O)(=O)c1cccnc1N. The number of nitrogens with two attached hydrogens (primary N) is 1. The molecule has 2 N–H and O–H groups in total. The highest BCUT2D eigenvalue weighted by Crippen LogP contribution is 2.33. The van der Waals surface area contributed by atoms with E-state index in [0.717, 1.165) is 12.8 Å². The Kier molecular flexibility index (Phi) is 3.50. The normalized spacial score (nSPS) is 15.6. The third-order valence-electron chi connectivity index (χ3n) is 2.78. The van der Waals surface area contributed by atoms with Gasteiger partial charge in [-0.25, -0.2) is 13.4 Å². The molecule has 96 valence electrons. The summed E-state index contributed by atoms with van der Waals surface area (Å²) >= 11 is 0. The van der Waals surface area contributed by atoms with Gasteiger partial charge < -0.3 is 5.73 Å². The lowest BCUT2D eigenvalue weighted by molar-refractivity contribution is 0.411. The van der Waals surface area contributed by atoms with Crippen molar-refractivity contribution in [2.45, 2.75) is 30.2 Å². The lowest BCUT2D eigenvalue weighted by atomic mass is 10.4. The summed E-state index contributed by atoms with van der Waals surface area (Å²) in [5.41, 5.74) is 5.61. The molecule has 1 aliphatic rings. The maximum absolute atomic E-state index is 12.4. The van der Waals surface area contributed by atoms with E-state index in [1.165, 1.54) is 16.6 Å². The fourth-order valence-electron chi connectivity index (χ4n) is 1.77. The van der Waals surface area contributed by atoms with Crippen LogP contribution in [-0.4, -0.2) is 30.3 Å². The van der Waals surface area contributed by atoms with Gasteiger partial charge in [0.15, 0.2) is 0 Å². The van der Waals surface area contributed by atoms with Crippen LogP contribution in [0.5, 0.6) is 0 Å². The second-order valence-corrected chi connectivity index (χ2v) is 6.00. The first-order valence-electron chi connectivity index (χ1n) is 5.66. The van der Waals surface area contributed by atoms with Gasteiger partial charge >= 0.3 is 0 Å². The first kappa shape index (κ1) is 12.8. The van der Waals surface area contributed by atoms with Crippen molar-refractivity contribution in [3.05, 3.63) is 18.3 Å². The van der Waals surface area contributed by atoms with Crippen molar-refractivity contribution in [2.24, 2.45) is 0 Å². The van der Waals surface area contributed by atoms with Crippen molar-refractivity contribution in [3.63, 3.8) is 0 Å². The fraction of sp³-hybridized carbons (Fsp3) is 0.455. The molecular formula is C11H14N4O2S. The van der Waals surface area contributed by atoms with Crippen molar-refractivity contribution < 1.29 is 8.42 Å². The van der Waals surface area contributed by atoms with Gasteiger partial charge in [0.2, 0.25) is 10.0 Å². The zero-order chi connectivity index (χ0) is 13.2. The Labute approximate surface area is 106 Å². The number of nitrogen functional groups attached to an aromatic ring is 1. The summed E-state index contributed by atoms with van der Waals surface area (Å²) in [7, 11) is -3.65. The number of anilines is 1. The molecule has 0 amide bonds. The van der Waals surface area contributed by atoms with Crippen LogP contribution in [-0.2, 0) is 10.0 Å². The Balaban J connectivity index is 2.34. The lowest BCUT2D eigenvalue weighted by Crippen LogP contribution is -2.34. The Morgan fingerprint density at radius 3 is 2.83 bits per heavy atom. The third-order valence-corrected chi connectivity index (χ3v) is 4.78. The number of hydrogen-bond donors (Lipinski definition) is 1. The van der Waals surface area contributed by atoms with Gasteiger partial charge in [0.1, 0.15) is 10.7 Å². The maximum atomic E-state index is 12.4. The number of rotatable bonds is 5. The highest BCUT2D eigenvalue weighted by atomic mass is 32.2. The van der Waals surface area contributed by atoms with Crippen LogP contribution in [0.4, 0.5) is 5.82 Å². The average Bonchev–Trinajstić information content (AvgIpc) is 3.14. The molecular weight excluding hydrogens is 252 g/mol. The molecule has 2 rings (SSSR count). The van der Waals surface area contributed by atoms with Crippen molar-refractivity contribution in [2.75, 3.05) is 12.3 Å². The molecule has 0 radical (unpaired) electrons. The number of nitrogens with zero attached hydrogens (tertiary/aromatic N) is 3. The van der Waals surface area contributed by atoms with E-state index in [2.05, 4.69) is 4.98 Å². The molecule has 0 spiro atoms. The van der Waals surface area contributed by atoms with Gasteiger partial charge in [-0.1, -0.05) is 0 Å². The van der Waals surface area contributed by atoms with Crippen LogP contribution in [0, 0.1) is 11.3 Å². The van der Waals surface area contributed by atoms with E-state index in [-0.39, 0.29) is 29.7 Å². The molecule has 1 aromatic heterocycles. The van der Waals surface area contributed by atoms with Gasteiger partial charge in [-0.15, -0.1) is 0 Å². The molecule has 0 atom stereocenters. The molecule has 7 heteroatoms. The summed E-state index contributed by atoms with van der Waals surface area (Å²) < 4.78 is 26.2. The zero-order valence-electron chi connectivity index (χ0n) is 9.78. The molecule has 0 unspecified atom stereocenters. The van der Waals surface area contributed by atoms with Crippen molar-refractivity contribution >= 4 is 15.8 Å². The Bertz CT molecular complexity index is 575. The molecule has 0 aliphatic heterocycles. The van der Waals surface area contributed by atoms with Crippen LogP contribution in [0.25, 0.3) is 0 Å². The smallest absolute Gasteiger partial charge is 0.247 e. The molecule has 18 heavy (non-hydrogen) atoms. The van der Waals surface area contributed by atoms with E-state index >= 15 is 0 Å². The molecule has 1 aromatic rings. The quantitative estimate of drug-likeness (QED) is 0.846. The molecule has 0 aromatic carbocycles. The van der Waals surface area contributed by atoms with E-state index in [1.54, 1.807) is 6.07 Å². The third kappa shape index (κ3) is 2.44. The second-order valence-electron chi connectivity index (χ2n) is 4.14. The minimum Gasteiger partial charge on any atom is -0.383 e. The lowest BCUT2D eigenvalue weighted by Gasteiger charge is -2.21. The number of hydrogen-bond acceptors (Lipinski definition) is 5. The predicted octanol–water partition coefficient (Wildman–Crippen LogP) is 0.731. The first-order chi connectivity index (χ1) is 8.57. The van der Waals surface area contributed by atoms with E-state index < -0.39 is 10.0 Å². The van der Waals surface area contributed by atoms with Crippen molar-refractivity contribution in [3.8, 4) is 6.07 Å². The minimum absolute atomic E-state index is 0.0000997. The van der Waals surface area contributed by atoms with Crippen molar-refractivity contribution in [1.29, 1.82) is 5.26 Å².